The Bertz CT molecular complexity index is 645. The van der Waals surface area contributed by atoms with E-state index in [0.29, 0.717) is 6.42 Å². The van der Waals surface area contributed by atoms with E-state index in [1.165, 1.54) is 4.70 Å². The lowest BCUT2D eigenvalue weighted by Crippen LogP contribution is -2.32. The fourth-order valence-electron chi connectivity index (χ4n) is 3.47. The normalized spacial score (nSPS) is 25.2. The summed E-state index contributed by atoms with van der Waals surface area (Å²) < 4.78 is 6.82. The lowest BCUT2D eigenvalue weighted by Gasteiger charge is -2.24. The molecule has 0 bridgehead atoms. The zero-order valence-corrected chi connectivity index (χ0v) is 13.3. The highest BCUT2D eigenvalue weighted by atomic mass is 32.1. The molecule has 5 heteroatoms. The molecule has 2 saturated heterocycles. The van der Waals surface area contributed by atoms with Crippen LogP contribution in [0.1, 0.15) is 43.2 Å². The first-order chi connectivity index (χ1) is 10.8. The molecule has 0 N–H and O–H groups in total. The first-order valence-electron chi connectivity index (χ1n) is 8.08. The molecule has 22 heavy (non-hydrogen) atoms. The third kappa shape index (κ3) is 2.63. The maximum atomic E-state index is 12.6. The van der Waals surface area contributed by atoms with Gasteiger partial charge in [0.25, 0.3) is 0 Å². The number of benzene rings is 1. The van der Waals surface area contributed by atoms with Crippen LogP contribution >= 0.6 is 11.3 Å². The highest BCUT2D eigenvalue weighted by Gasteiger charge is 2.33. The van der Waals surface area contributed by atoms with Crippen molar-refractivity contribution in [3.05, 3.63) is 29.3 Å². The fraction of sp³-hybridized carbons (Fsp3) is 0.529. The summed E-state index contributed by atoms with van der Waals surface area (Å²) in [5.74, 6) is 0.230. The molecule has 2 aliphatic rings. The lowest BCUT2D eigenvalue weighted by atomic mass is 10.1. The predicted molar refractivity (Wildman–Crippen MR) is 86.9 cm³/mol. The van der Waals surface area contributed by atoms with Crippen molar-refractivity contribution in [1.29, 1.82) is 0 Å². The van der Waals surface area contributed by atoms with Gasteiger partial charge in [0, 0.05) is 13.2 Å². The zero-order chi connectivity index (χ0) is 14.9. The van der Waals surface area contributed by atoms with Crippen molar-refractivity contribution in [2.24, 2.45) is 0 Å². The molecule has 4 nitrogen and oxygen atoms in total. The fourth-order valence-corrected chi connectivity index (χ4v) is 4.59. The van der Waals surface area contributed by atoms with E-state index in [9.17, 15) is 4.79 Å². The van der Waals surface area contributed by atoms with Crippen LogP contribution in [0, 0.1) is 0 Å². The maximum Gasteiger partial charge on any atom is 0.225 e. The number of rotatable bonds is 3. The van der Waals surface area contributed by atoms with Crippen molar-refractivity contribution in [1.82, 2.24) is 9.88 Å². The molecular formula is C17H20N2O2S. The lowest BCUT2D eigenvalue weighted by molar-refractivity contribution is -0.134. The summed E-state index contributed by atoms with van der Waals surface area (Å²) >= 11 is 1.72. The number of fused-ring (bicyclic) bond motifs is 1. The molecule has 2 aromatic rings. The Morgan fingerprint density at radius 3 is 3.05 bits per heavy atom. The Morgan fingerprint density at radius 1 is 1.32 bits per heavy atom. The minimum absolute atomic E-state index is 0.129. The summed E-state index contributed by atoms with van der Waals surface area (Å²) in [7, 11) is 0. The number of aromatic nitrogens is 1. The molecule has 2 atom stereocenters. The Labute approximate surface area is 134 Å². The number of para-hydroxylation sites is 1. The van der Waals surface area contributed by atoms with Gasteiger partial charge in [-0.25, -0.2) is 4.98 Å². The average Bonchev–Trinajstić information content (AvgIpc) is 3.26. The molecule has 0 radical (unpaired) electrons. The van der Waals surface area contributed by atoms with Gasteiger partial charge in [0.2, 0.25) is 5.91 Å². The highest BCUT2D eigenvalue weighted by molar-refractivity contribution is 7.18. The smallest absolute Gasteiger partial charge is 0.225 e. The van der Waals surface area contributed by atoms with Crippen molar-refractivity contribution in [3.63, 3.8) is 0 Å². The number of carbonyl (C=O) groups is 1. The number of amides is 1. The van der Waals surface area contributed by atoms with Gasteiger partial charge in [-0.05, 0) is 37.8 Å². The molecule has 0 aliphatic carbocycles. The molecule has 4 rings (SSSR count). The van der Waals surface area contributed by atoms with Crippen molar-refractivity contribution in [2.75, 3.05) is 13.2 Å². The third-order valence-electron chi connectivity index (χ3n) is 4.59. The number of likely N-dealkylation sites (tertiary alicyclic amines) is 1. The summed E-state index contributed by atoms with van der Waals surface area (Å²) in [6, 6.07) is 8.36. The first kappa shape index (κ1) is 14.2. The Kier molecular flexibility index (Phi) is 3.84. The molecule has 0 spiro atoms. The van der Waals surface area contributed by atoms with Crippen molar-refractivity contribution in [2.45, 2.75) is 44.2 Å². The van der Waals surface area contributed by atoms with Gasteiger partial charge in [0.05, 0.1) is 28.8 Å². The Hall–Kier alpha value is -1.46. The SMILES string of the molecule is O=C(C[C@H]1CCCO1)N1CCC[C@@H]1c1nc2ccccc2s1. The monoisotopic (exact) mass is 316 g/mol. The van der Waals surface area contributed by atoms with E-state index in [4.69, 9.17) is 9.72 Å². The van der Waals surface area contributed by atoms with Gasteiger partial charge in [-0.1, -0.05) is 12.1 Å². The van der Waals surface area contributed by atoms with Crippen LogP contribution in [0.4, 0.5) is 0 Å². The number of carbonyl (C=O) groups excluding carboxylic acids is 1. The van der Waals surface area contributed by atoms with E-state index in [0.717, 1.165) is 49.4 Å². The standard InChI is InChI=1S/C17H20N2O2S/c20-16(11-12-5-4-10-21-12)19-9-3-7-14(19)17-18-13-6-1-2-8-15(13)22-17/h1-2,6,8,12,14H,3-5,7,9-11H2/t12-,14-/m1/s1. The summed E-state index contributed by atoms with van der Waals surface area (Å²) in [6.45, 7) is 1.66. The minimum atomic E-state index is 0.129. The number of nitrogens with zero attached hydrogens (tertiary/aromatic N) is 2. The van der Waals surface area contributed by atoms with Crippen molar-refractivity contribution in [3.8, 4) is 0 Å². The van der Waals surface area contributed by atoms with E-state index in [2.05, 4.69) is 6.07 Å². The number of thiazole rings is 1. The van der Waals surface area contributed by atoms with Gasteiger partial charge in [-0.15, -0.1) is 11.3 Å². The molecule has 1 aromatic carbocycles. The van der Waals surface area contributed by atoms with E-state index in [1.54, 1.807) is 11.3 Å². The summed E-state index contributed by atoms with van der Waals surface area (Å²) in [5.41, 5.74) is 1.04. The van der Waals surface area contributed by atoms with Gasteiger partial charge >= 0.3 is 0 Å². The Balaban J connectivity index is 1.53. The van der Waals surface area contributed by atoms with E-state index in [-0.39, 0.29) is 18.1 Å². The van der Waals surface area contributed by atoms with Crippen LogP contribution in [0.25, 0.3) is 10.2 Å². The molecule has 1 aromatic heterocycles. The molecule has 0 unspecified atom stereocenters. The molecule has 0 saturated carbocycles. The second-order valence-corrected chi connectivity index (χ2v) is 7.17. The second-order valence-electron chi connectivity index (χ2n) is 6.10. The quantitative estimate of drug-likeness (QED) is 0.870. The number of ether oxygens (including phenoxy) is 1. The second kappa shape index (κ2) is 5.97. The predicted octanol–water partition coefficient (Wildman–Crippen LogP) is 3.53. The highest BCUT2D eigenvalue weighted by Crippen LogP contribution is 2.37. The number of hydrogen-bond donors (Lipinski definition) is 0. The van der Waals surface area contributed by atoms with Crippen molar-refractivity contribution >= 4 is 27.5 Å². The third-order valence-corrected chi connectivity index (χ3v) is 5.73. The van der Waals surface area contributed by atoms with Crippen LogP contribution in [0.2, 0.25) is 0 Å². The van der Waals surface area contributed by atoms with Crippen LogP contribution in [0.15, 0.2) is 24.3 Å². The van der Waals surface area contributed by atoms with Gasteiger partial charge in [0.1, 0.15) is 5.01 Å². The topological polar surface area (TPSA) is 42.4 Å². The van der Waals surface area contributed by atoms with E-state index in [1.807, 2.05) is 23.1 Å². The van der Waals surface area contributed by atoms with Gasteiger partial charge in [-0.2, -0.15) is 0 Å². The van der Waals surface area contributed by atoms with Crippen LogP contribution < -0.4 is 0 Å². The molecule has 3 heterocycles. The van der Waals surface area contributed by atoms with Crippen LogP contribution in [-0.4, -0.2) is 35.0 Å². The van der Waals surface area contributed by atoms with Gasteiger partial charge in [0.15, 0.2) is 0 Å². The van der Waals surface area contributed by atoms with E-state index >= 15 is 0 Å². The maximum absolute atomic E-state index is 12.6. The van der Waals surface area contributed by atoms with Crippen LogP contribution in [0.3, 0.4) is 0 Å². The summed E-state index contributed by atoms with van der Waals surface area (Å²) in [4.78, 5) is 19.4. The zero-order valence-electron chi connectivity index (χ0n) is 12.5. The largest absolute Gasteiger partial charge is 0.378 e. The molecule has 1 amide bonds. The molecular weight excluding hydrogens is 296 g/mol. The molecule has 2 fully saturated rings. The number of hydrogen-bond acceptors (Lipinski definition) is 4. The van der Waals surface area contributed by atoms with Crippen molar-refractivity contribution < 1.29 is 9.53 Å². The molecule has 116 valence electrons. The summed E-state index contributed by atoms with van der Waals surface area (Å²) in [6.07, 6.45) is 4.85. The van der Waals surface area contributed by atoms with Gasteiger partial charge < -0.3 is 9.64 Å². The Morgan fingerprint density at radius 2 is 2.23 bits per heavy atom. The van der Waals surface area contributed by atoms with Crippen LogP contribution in [-0.2, 0) is 9.53 Å². The molecule has 2 aliphatic heterocycles. The average molecular weight is 316 g/mol. The minimum Gasteiger partial charge on any atom is -0.378 e. The first-order valence-corrected chi connectivity index (χ1v) is 8.89. The summed E-state index contributed by atoms with van der Waals surface area (Å²) in [5, 5.41) is 1.08. The van der Waals surface area contributed by atoms with E-state index < -0.39 is 0 Å². The van der Waals surface area contributed by atoms with Crippen LogP contribution in [0.5, 0.6) is 0 Å². The van der Waals surface area contributed by atoms with Gasteiger partial charge in [-0.3, -0.25) is 4.79 Å².